The summed E-state index contributed by atoms with van der Waals surface area (Å²) in [6.07, 6.45) is 0. The predicted molar refractivity (Wildman–Crippen MR) is 92.5 cm³/mol. The van der Waals surface area contributed by atoms with E-state index in [2.05, 4.69) is 5.32 Å². The standard InChI is InChI=1S/C17H20ClN3O3/c1-3-19-17(23)21-8-6-20(7-9-21)16(22)15-11(2)13-10-12(18)4-5-14(13)24-15/h4-5,10H,3,6-9H2,1-2H3,(H,19,23). The number of nitrogens with one attached hydrogen (secondary N) is 1. The smallest absolute Gasteiger partial charge is 0.317 e. The van der Waals surface area contributed by atoms with Crippen LogP contribution in [-0.2, 0) is 0 Å². The maximum Gasteiger partial charge on any atom is 0.317 e. The van der Waals surface area contributed by atoms with Crippen molar-refractivity contribution in [2.24, 2.45) is 0 Å². The van der Waals surface area contributed by atoms with Crippen molar-refractivity contribution in [3.63, 3.8) is 0 Å². The number of fused-ring (bicyclic) bond motifs is 1. The van der Waals surface area contributed by atoms with E-state index >= 15 is 0 Å². The molecule has 3 amide bonds. The Kier molecular flexibility index (Phi) is 4.66. The summed E-state index contributed by atoms with van der Waals surface area (Å²) >= 11 is 6.02. The van der Waals surface area contributed by atoms with Gasteiger partial charge >= 0.3 is 6.03 Å². The van der Waals surface area contributed by atoms with Crippen molar-refractivity contribution in [2.75, 3.05) is 32.7 Å². The van der Waals surface area contributed by atoms with Crippen molar-refractivity contribution in [3.05, 3.63) is 34.5 Å². The molecule has 2 heterocycles. The monoisotopic (exact) mass is 349 g/mol. The van der Waals surface area contributed by atoms with E-state index in [9.17, 15) is 9.59 Å². The van der Waals surface area contributed by atoms with Crippen molar-refractivity contribution in [1.82, 2.24) is 15.1 Å². The molecule has 1 aromatic heterocycles. The summed E-state index contributed by atoms with van der Waals surface area (Å²) < 4.78 is 5.74. The second-order valence-corrected chi connectivity index (χ2v) is 6.25. The summed E-state index contributed by atoms with van der Waals surface area (Å²) in [5.74, 6) is 0.203. The van der Waals surface area contributed by atoms with Crippen LogP contribution in [0.5, 0.6) is 0 Å². The van der Waals surface area contributed by atoms with Crippen molar-refractivity contribution in [1.29, 1.82) is 0 Å². The van der Waals surface area contributed by atoms with Gasteiger partial charge in [0, 0.05) is 48.7 Å². The first-order valence-electron chi connectivity index (χ1n) is 8.02. The molecule has 7 heteroatoms. The van der Waals surface area contributed by atoms with Gasteiger partial charge < -0.3 is 19.5 Å². The molecule has 0 atom stereocenters. The number of hydrogen-bond donors (Lipinski definition) is 1. The Morgan fingerprint density at radius 2 is 1.88 bits per heavy atom. The second-order valence-electron chi connectivity index (χ2n) is 5.81. The molecule has 1 saturated heterocycles. The normalized spacial score (nSPS) is 15.0. The average molecular weight is 350 g/mol. The van der Waals surface area contributed by atoms with Crippen molar-refractivity contribution in [3.8, 4) is 0 Å². The first-order chi connectivity index (χ1) is 11.5. The van der Waals surface area contributed by atoms with Gasteiger partial charge in [0.1, 0.15) is 5.58 Å². The topological polar surface area (TPSA) is 65.8 Å². The van der Waals surface area contributed by atoms with Gasteiger partial charge in [0.05, 0.1) is 0 Å². The number of amides is 3. The Morgan fingerprint density at radius 1 is 1.21 bits per heavy atom. The number of rotatable bonds is 2. The molecule has 0 saturated carbocycles. The van der Waals surface area contributed by atoms with Gasteiger partial charge in [-0.15, -0.1) is 0 Å². The molecular formula is C17H20ClN3O3. The van der Waals surface area contributed by atoms with Gasteiger partial charge in [-0.05, 0) is 32.0 Å². The van der Waals surface area contributed by atoms with E-state index in [-0.39, 0.29) is 11.9 Å². The molecule has 2 aromatic rings. The number of halogens is 1. The lowest BCUT2D eigenvalue weighted by Crippen LogP contribution is -2.53. The fraction of sp³-hybridized carbons (Fsp3) is 0.412. The van der Waals surface area contributed by atoms with Crippen molar-refractivity contribution < 1.29 is 14.0 Å². The second kappa shape index (κ2) is 6.73. The maximum absolute atomic E-state index is 12.8. The number of furan rings is 1. The summed E-state index contributed by atoms with van der Waals surface area (Å²) in [6.45, 7) is 6.36. The predicted octanol–water partition coefficient (Wildman–Crippen LogP) is 2.88. The van der Waals surface area contributed by atoms with Crippen LogP contribution in [0, 0.1) is 6.92 Å². The van der Waals surface area contributed by atoms with Crippen molar-refractivity contribution >= 4 is 34.5 Å². The molecule has 1 aliphatic heterocycles. The Morgan fingerprint density at radius 3 is 2.54 bits per heavy atom. The van der Waals surface area contributed by atoms with Crippen LogP contribution >= 0.6 is 11.6 Å². The van der Waals surface area contributed by atoms with Crippen LogP contribution in [0.25, 0.3) is 11.0 Å². The molecule has 3 rings (SSSR count). The zero-order valence-corrected chi connectivity index (χ0v) is 14.5. The molecular weight excluding hydrogens is 330 g/mol. The van der Waals surface area contributed by atoms with Gasteiger partial charge in [-0.3, -0.25) is 4.79 Å². The van der Waals surface area contributed by atoms with E-state index in [0.29, 0.717) is 49.1 Å². The number of carbonyl (C=O) groups is 2. The summed E-state index contributed by atoms with van der Waals surface area (Å²) in [4.78, 5) is 28.0. The zero-order chi connectivity index (χ0) is 17.3. The highest BCUT2D eigenvalue weighted by Gasteiger charge is 2.28. The summed E-state index contributed by atoms with van der Waals surface area (Å²) in [7, 11) is 0. The van der Waals surface area contributed by atoms with Gasteiger partial charge in [-0.2, -0.15) is 0 Å². The molecule has 1 fully saturated rings. The number of benzene rings is 1. The third kappa shape index (κ3) is 3.06. The van der Waals surface area contributed by atoms with Crippen LogP contribution in [-0.4, -0.2) is 54.5 Å². The maximum atomic E-state index is 12.8. The van der Waals surface area contributed by atoms with E-state index in [1.165, 1.54) is 0 Å². The zero-order valence-electron chi connectivity index (χ0n) is 13.8. The molecule has 0 aliphatic carbocycles. The summed E-state index contributed by atoms with van der Waals surface area (Å²) in [6, 6.07) is 5.24. The highest BCUT2D eigenvalue weighted by molar-refractivity contribution is 6.31. The van der Waals surface area contributed by atoms with Crippen LogP contribution in [0.2, 0.25) is 5.02 Å². The SMILES string of the molecule is CCNC(=O)N1CCN(C(=O)c2oc3ccc(Cl)cc3c2C)CC1. The molecule has 6 nitrogen and oxygen atoms in total. The van der Waals surface area contributed by atoms with E-state index in [0.717, 1.165) is 10.9 Å². The van der Waals surface area contributed by atoms with E-state index in [4.69, 9.17) is 16.0 Å². The molecule has 24 heavy (non-hydrogen) atoms. The number of piperazine rings is 1. The fourth-order valence-electron chi connectivity index (χ4n) is 2.92. The largest absolute Gasteiger partial charge is 0.451 e. The number of hydrogen-bond acceptors (Lipinski definition) is 3. The van der Waals surface area contributed by atoms with Crippen molar-refractivity contribution in [2.45, 2.75) is 13.8 Å². The first-order valence-corrected chi connectivity index (χ1v) is 8.39. The molecule has 0 unspecified atom stereocenters. The van der Waals surface area contributed by atoms with Gasteiger partial charge in [0.2, 0.25) is 0 Å². The summed E-state index contributed by atoms with van der Waals surface area (Å²) in [5.41, 5.74) is 1.45. The van der Waals surface area contributed by atoms with Crippen LogP contribution in [0.1, 0.15) is 23.0 Å². The molecule has 128 valence electrons. The first kappa shape index (κ1) is 16.6. The lowest BCUT2D eigenvalue weighted by atomic mass is 10.1. The average Bonchev–Trinajstić information content (AvgIpc) is 2.91. The number of aryl methyl sites for hydroxylation is 1. The third-order valence-electron chi connectivity index (χ3n) is 4.27. The van der Waals surface area contributed by atoms with E-state index in [1.807, 2.05) is 13.8 Å². The minimum atomic E-state index is -0.143. The lowest BCUT2D eigenvalue weighted by molar-refractivity contribution is 0.0635. The van der Waals surface area contributed by atoms with E-state index in [1.54, 1.807) is 28.0 Å². The minimum absolute atomic E-state index is 0.0841. The number of urea groups is 1. The number of nitrogens with zero attached hydrogens (tertiary/aromatic N) is 2. The van der Waals surface area contributed by atoms with Crippen LogP contribution in [0.3, 0.4) is 0 Å². The lowest BCUT2D eigenvalue weighted by Gasteiger charge is -2.34. The fourth-order valence-corrected chi connectivity index (χ4v) is 3.09. The molecule has 1 aliphatic rings. The molecule has 0 bridgehead atoms. The Bertz CT molecular complexity index is 779. The van der Waals surface area contributed by atoms with Crippen LogP contribution in [0.4, 0.5) is 4.79 Å². The number of carbonyl (C=O) groups excluding carboxylic acids is 2. The Balaban J connectivity index is 1.74. The van der Waals surface area contributed by atoms with Gasteiger partial charge in [-0.1, -0.05) is 11.6 Å². The highest BCUT2D eigenvalue weighted by Crippen LogP contribution is 2.28. The summed E-state index contributed by atoms with van der Waals surface area (Å²) in [5, 5.41) is 4.24. The van der Waals surface area contributed by atoms with Gasteiger partial charge in [0.25, 0.3) is 5.91 Å². The highest BCUT2D eigenvalue weighted by atomic mass is 35.5. The van der Waals surface area contributed by atoms with Gasteiger partial charge in [-0.25, -0.2) is 4.79 Å². The quantitative estimate of drug-likeness (QED) is 0.906. The molecule has 1 aromatic carbocycles. The van der Waals surface area contributed by atoms with Gasteiger partial charge in [0.15, 0.2) is 5.76 Å². The Labute approximate surface area is 145 Å². The minimum Gasteiger partial charge on any atom is -0.451 e. The molecule has 0 radical (unpaired) electrons. The molecule has 0 spiro atoms. The molecule has 1 N–H and O–H groups in total. The van der Waals surface area contributed by atoms with Crippen LogP contribution in [0.15, 0.2) is 22.6 Å². The van der Waals surface area contributed by atoms with Crippen LogP contribution < -0.4 is 5.32 Å². The Hall–Kier alpha value is -2.21. The third-order valence-corrected chi connectivity index (χ3v) is 4.51. The van der Waals surface area contributed by atoms with E-state index < -0.39 is 0 Å².